The molecule has 19 nitrogen and oxygen atoms in total. The van der Waals surface area contributed by atoms with Gasteiger partial charge in [-0.25, -0.2) is 23.7 Å². The van der Waals surface area contributed by atoms with Gasteiger partial charge in [0.1, 0.15) is 30.6 Å². The van der Waals surface area contributed by atoms with E-state index in [-0.39, 0.29) is 28.3 Å². The number of aliphatic hydroxyl groups excluding tert-OH is 1. The van der Waals surface area contributed by atoms with Crippen LogP contribution in [-0.4, -0.2) is 98.0 Å². The molecule has 0 amide bonds. The first kappa shape index (κ1) is 30.8. The van der Waals surface area contributed by atoms with E-state index in [2.05, 4.69) is 42.2 Å². The lowest BCUT2D eigenvalue weighted by molar-refractivity contribution is -0.0789. The Morgan fingerprint density at radius 3 is 2.58 bits per heavy atom. The Kier molecular flexibility index (Phi) is 7.45. The number of nitrogens with two attached hydrogens (primary N) is 1. The predicted molar refractivity (Wildman–Crippen MR) is 152 cm³/mol. The van der Waals surface area contributed by atoms with Crippen molar-refractivity contribution >= 4 is 66.3 Å². The molecule has 0 aromatic carbocycles. The van der Waals surface area contributed by atoms with E-state index < -0.39 is 86.5 Å². The van der Waals surface area contributed by atoms with E-state index in [9.17, 15) is 24.2 Å². The highest BCUT2D eigenvalue weighted by atomic mass is 32.7. The summed E-state index contributed by atoms with van der Waals surface area (Å²) in [6.07, 6.45) is -9.54. The number of aromatic amines is 2. The van der Waals surface area contributed by atoms with Crippen molar-refractivity contribution in [3.63, 3.8) is 0 Å². The van der Waals surface area contributed by atoms with Crippen LogP contribution in [0.3, 0.4) is 0 Å². The summed E-state index contributed by atoms with van der Waals surface area (Å²) in [5.74, 6) is -0.271. The van der Waals surface area contributed by atoms with E-state index in [4.69, 9.17) is 40.6 Å². The van der Waals surface area contributed by atoms with Crippen molar-refractivity contribution in [3.8, 4) is 0 Å². The van der Waals surface area contributed by atoms with E-state index in [1.54, 1.807) is 0 Å². The normalized spacial score (nSPS) is 34.3. The second-order valence-electron chi connectivity index (χ2n) is 10.2. The smallest absolute Gasteiger partial charge is 0.387 e. The Morgan fingerprint density at radius 2 is 1.87 bits per heavy atom. The molecule has 4 aromatic rings. The van der Waals surface area contributed by atoms with Crippen LogP contribution >= 0.6 is 26.2 Å². The fourth-order valence-corrected chi connectivity index (χ4v) is 7.62. The molecule has 1 aliphatic carbocycles. The van der Waals surface area contributed by atoms with Crippen LogP contribution in [0.15, 0.2) is 28.6 Å². The molecule has 1 saturated carbocycles. The van der Waals surface area contributed by atoms with Gasteiger partial charge in [0.2, 0.25) is 5.95 Å². The Morgan fingerprint density at radius 1 is 1.18 bits per heavy atom. The van der Waals surface area contributed by atoms with E-state index in [0.717, 1.165) is 28.1 Å². The van der Waals surface area contributed by atoms with Gasteiger partial charge in [-0.05, 0) is 16.4 Å². The third-order valence-electron chi connectivity index (χ3n) is 7.54. The van der Waals surface area contributed by atoms with Crippen LogP contribution in [0.5, 0.6) is 0 Å². The largest absolute Gasteiger partial charge is 0.582 e. The van der Waals surface area contributed by atoms with Crippen molar-refractivity contribution in [3.05, 3.63) is 39.7 Å². The minimum Gasteiger partial charge on any atom is -0.387 e. The zero-order chi connectivity index (χ0) is 32.0. The first-order chi connectivity index (χ1) is 21.3. The van der Waals surface area contributed by atoms with E-state index in [1.807, 2.05) is 0 Å². The highest BCUT2D eigenvalue weighted by Crippen LogP contribution is 2.62. The maximum atomic E-state index is 15.8. The number of fused-ring (bicyclic) bond motifs is 3. The lowest BCUT2D eigenvalue weighted by atomic mass is 10.1. The van der Waals surface area contributed by atoms with Gasteiger partial charge in [-0.15, -0.1) is 4.52 Å². The summed E-state index contributed by atoms with van der Waals surface area (Å²) in [5.41, 5.74) is 1.42. The van der Waals surface area contributed by atoms with Crippen LogP contribution < -0.4 is 16.9 Å². The zero-order valence-corrected chi connectivity index (χ0v) is 25.5. The molecule has 240 valence electrons. The molecule has 2 aliphatic heterocycles. The fourth-order valence-electron chi connectivity index (χ4n) is 5.42. The van der Waals surface area contributed by atoms with Crippen molar-refractivity contribution in [2.45, 2.75) is 54.8 Å². The number of aliphatic hydroxyl groups is 1. The SMILES string of the molecule is Nc1nc2c(ncn2C2OC3C(O)C3(F)C2OP(O)(=S)OCC2OC(n3cnc4c(=O)[nH]cnc43)C(F)C2O[P+](=O)S)c(=O)[nH]1. The average Bonchev–Trinajstić information content (AvgIpc) is 3.52. The maximum absolute atomic E-state index is 15.8. The summed E-state index contributed by atoms with van der Waals surface area (Å²) in [5, 5.41) is 10.2. The van der Waals surface area contributed by atoms with Gasteiger partial charge in [-0.3, -0.25) is 28.2 Å². The molecular weight excluding hydrogens is 690 g/mol. The number of ether oxygens (including phenoxy) is 2. The molecule has 6 N–H and O–H groups in total. The number of hydrogen-bond donors (Lipinski definition) is 6. The summed E-state index contributed by atoms with van der Waals surface area (Å²) in [7, 11) is -2.67. The lowest BCUT2D eigenvalue weighted by Gasteiger charge is -2.29. The predicted octanol–water partition coefficient (Wildman–Crippen LogP) is -0.358. The topological polar surface area (TPSA) is 257 Å². The van der Waals surface area contributed by atoms with Gasteiger partial charge in [0.05, 0.1) is 25.6 Å². The molecule has 3 fully saturated rings. The summed E-state index contributed by atoms with van der Waals surface area (Å²) in [6.45, 7) is -5.19. The van der Waals surface area contributed by atoms with Gasteiger partial charge >= 0.3 is 13.9 Å². The van der Waals surface area contributed by atoms with Gasteiger partial charge in [0, 0.05) is 0 Å². The van der Waals surface area contributed by atoms with Crippen molar-refractivity contribution in [1.82, 2.24) is 39.0 Å². The summed E-state index contributed by atoms with van der Waals surface area (Å²) in [6, 6.07) is 0. The number of aromatic nitrogens is 8. The van der Waals surface area contributed by atoms with E-state index >= 15 is 8.78 Å². The molecule has 6 heterocycles. The summed E-state index contributed by atoms with van der Waals surface area (Å²) < 4.78 is 72.9. The molecule has 0 spiro atoms. The van der Waals surface area contributed by atoms with Crippen LogP contribution in [0.25, 0.3) is 22.3 Å². The number of nitrogens with zero attached hydrogens (tertiary/aromatic N) is 6. The van der Waals surface area contributed by atoms with Gasteiger partial charge in [0.15, 0.2) is 58.8 Å². The highest BCUT2D eigenvalue weighted by molar-refractivity contribution is 8.39. The van der Waals surface area contributed by atoms with Crippen LogP contribution in [-0.2, 0) is 39.4 Å². The molecule has 2 saturated heterocycles. The summed E-state index contributed by atoms with van der Waals surface area (Å²) >= 11 is 8.79. The lowest BCUT2D eigenvalue weighted by Crippen LogP contribution is -2.36. The molecule has 0 bridgehead atoms. The number of imidazole rings is 2. The second-order valence-corrected chi connectivity index (χ2v) is 14.6. The van der Waals surface area contributed by atoms with Crippen LogP contribution in [0, 0.1) is 0 Å². The molecule has 25 heteroatoms. The Hall–Kier alpha value is -2.82. The number of alkyl halides is 2. The molecule has 3 aliphatic rings. The molecule has 4 aromatic heterocycles. The van der Waals surface area contributed by atoms with Gasteiger partial charge < -0.3 is 34.7 Å². The number of nitrogen functional groups attached to an aromatic ring is 1. The minimum atomic E-state index is -4.47. The number of nitrogens with one attached hydrogen (secondary N) is 2. The highest BCUT2D eigenvalue weighted by Gasteiger charge is 2.80. The molecular formula is C20H20F2N9O10P2S2+. The molecule has 0 radical (unpaired) electrons. The van der Waals surface area contributed by atoms with E-state index in [1.165, 1.54) is 0 Å². The number of halogens is 2. The standard InChI is InChI=1S/C20H19F2N9O10P2S2/c21-6-9(40-42(35)44)5(38-17(6)30-3-26-7-13(30)24-2-25-15(7)33)1-37-43(36,45)41-12-18(39-11-10(32)20(11,12)22)31-4-27-8-14(31)28-19(23)29-16(8)34/h2-6,9-12,17-18,32H,1H2,(H5-,23,24,25,28,29,33,34,35,36,44,45)/p+1. The number of thiol groups is 1. The molecule has 11 unspecified atom stereocenters. The van der Waals surface area contributed by atoms with Gasteiger partial charge in [-0.2, -0.15) is 4.98 Å². The monoisotopic (exact) mass is 710 g/mol. The maximum Gasteiger partial charge on any atom is 0.582 e. The Bertz CT molecular complexity index is 2010. The number of anilines is 1. The van der Waals surface area contributed by atoms with Crippen molar-refractivity contribution < 1.29 is 46.4 Å². The average molecular weight is 711 g/mol. The van der Waals surface area contributed by atoms with Crippen LogP contribution in [0.2, 0.25) is 0 Å². The Balaban J connectivity index is 1.12. The van der Waals surface area contributed by atoms with Crippen molar-refractivity contribution in [2.75, 3.05) is 12.3 Å². The summed E-state index contributed by atoms with van der Waals surface area (Å²) in [4.78, 5) is 55.7. The minimum absolute atomic E-state index is 0.0269. The quantitative estimate of drug-likeness (QED) is 0.0958. The van der Waals surface area contributed by atoms with Gasteiger partial charge in [0.25, 0.3) is 11.1 Å². The molecule has 45 heavy (non-hydrogen) atoms. The third kappa shape index (κ3) is 5.02. The number of hydrogen-bond acceptors (Lipinski definition) is 15. The van der Waals surface area contributed by atoms with Crippen LogP contribution in [0.1, 0.15) is 12.5 Å². The first-order valence-electron chi connectivity index (χ1n) is 12.7. The second kappa shape index (κ2) is 10.9. The van der Waals surface area contributed by atoms with Gasteiger partial charge in [-0.1, -0.05) is 0 Å². The fraction of sp³-hybridized carbons (Fsp3) is 0.500. The number of H-pyrrole nitrogens is 2. The first-order valence-corrected chi connectivity index (χ1v) is 17.7. The molecule has 7 rings (SSSR count). The Labute approximate surface area is 258 Å². The number of rotatable bonds is 9. The van der Waals surface area contributed by atoms with Crippen molar-refractivity contribution in [2.24, 2.45) is 0 Å². The zero-order valence-electron chi connectivity index (χ0n) is 22.0. The van der Waals surface area contributed by atoms with Crippen LogP contribution in [0.4, 0.5) is 14.7 Å². The van der Waals surface area contributed by atoms with Crippen molar-refractivity contribution in [1.29, 1.82) is 0 Å². The third-order valence-corrected chi connectivity index (χ3v) is 9.79. The molecule has 11 atom stereocenters. The van der Waals surface area contributed by atoms with E-state index in [0.29, 0.717) is 0 Å².